The number of methoxy groups -OCH3 is 1. The van der Waals surface area contributed by atoms with E-state index < -0.39 is 0 Å². The van der Waals surface area contributed by atoms with Gasteiger partial charge in [0.15, 0.2) is 0 Å². The van der Waals surface area contributed by atoms with E-state index >= 15 is 0 Å². The van der Waals surface area contributed by atoms with Gasteiger partial charge >= 0.3 is 0 Å². The molecule has 20 heavy (non-hydrogen) atoms. The SMILES string of the molecule is COC1=CC=C(SC2C=CC(OCCO)CC2)CC=C1. The van der Waals surface area contributed by atoms with E-state index in [1.165, 1.54) is 4.91 Å². The molecular formula is C16H22O3S. The zero-order valence-corrected chi connectivity index (χ0v) is 12.6. The van der Waals surface area contributed by atoms with Gasteiger partial charge in [-0.05, 0) is 42.4 Å². The Kier molecular flexibility index (Phi) is 6.43. The maximum absolute atomic E-state index is 8.75. The highest BCUT2D eigenvalue weighted by atomic mass is 32.2. The molecule has 0 heterocycles. The first kappa shape index (κ1) is 15.4. The Morgan fingerprint density at radius 1 is 1.30 bits per heavy atom. The standard InChI is InChI=1S/C16H22O3S/c1-18-13-3-2-4-15(8-5-13)20-16-9-6-14(7-10-16)19-12-11-17/h2-3,5-6,8-9,14,16-17H,4,7,10-12H2,1H3. The summed E-state index contributed by atoms with van der Waals surface area (Å²) in [6, 6.07) is 0. The topological polar surface area (TPSA) is 38.7 Å². The van der Waals surface area contributed by atoms with Crippen LogP contribution < -0.4 is 0 Å². The Morgan fingerprint density at radius 3 is 2.90 bits per heavy atom. The highest BCUT2D eigenvalue weighted by Gasteiger charge is 2.17. The van der Waals surface area contributed by atoms with Gasteiger partial charge in [0.25, 0.3) is 0 Å². The zero-order chi connectivity index (χ0) is 14.2. The van der Waals surface area contributed by atoms with E-state index in [0.717, 1.165) is 25.0 Å². The van der Waals surface area contributed by atoms with Crippen molar-refractivity contribution < 1.29 is 14.6 Å². The summed E-state index contributed by atoms with van der Waals surface area (Å²) in [5, 5.41) is 9.27. The molecule has 0 aromatic rings. The zero-order valence-electron chi connectivity index (χ0n) is 11.8. The average Bonchev–Trinajstić information content (AvgIpc) is 2.72. The van der Waals surface area contributed by atoms with Crippen molar-refractivity contribution in [3.63, 3.8) is 0 Å². The highest BCUT2D eigenvalue weighted by molar-refractivity contribution is 8.03. The summed E-state index contributed by atoms with van der Waals surface area (Å²) >= 11 is 1.91. The molecule has 0 aliphatic heterocycles. The first-order valence-corrected chi connectivity index (χ1v) is 7.88. The maximum Gasteiger partial charge on any atom is 0.118 e. The van der Waals surface area contributed by atoms with Crippen molar-refractivity contribution in [3.05, 3.63) is 47.1 Å². The van der Waals surface area contributed by atoms with Gasteiger partial charge in [0.2, 0.25) is 0 Å². The van der Waals surface area contributed by atoms with Gasteiger partial charge < -0.3 is 14.6 Å². The Bertz CT molecular complexity index is 423. The first-order valence-electron chi connectivity index (χ1n) is 7.00. The Labute approximate surface area is 125 Å². The molecule has 2 unspecified atom stereocenters. The summed E-state index contributed by atoms with van der Waals surface area (Å²) in [4.78, 5) is 1.36. The first-order chi connectivity index (χ1) is 9.81. The predicted octanol–water partition coefficient (Wildman–Crippen LogP) is 3.19. The van der Waals surface area contributed by atoms with Gasteiger partial charge in [-0.1, -0.05) is 18.2 Å². The Morgan fingerprint density at radius 2 is 2.20 bits per heavy atom. The number of rotatable bonds is 6. The van der Waals surface area contributed by atoms with Gasteiger partial charge in [0.1, 0.15) is 5.76 Å². The van der Waals surface area contributed by atoms with Crippen LogP contribution in [0.15, 0.2) is 47.1 Å². The molecule has 0 radical (unpaired) electrons. The molecule has 2 atom stereocenters. The number of hydrogen-bond acceptors (Lipinski definition) is 4. The molecule has 0 aromatic carbocycles. The monoisotopic (exact) mass is 294 g/mol. The lowest BCUT2D eigenvalue weighted by atomic mass is 10.1. The molecule has 2 aliphatic carbocycles. The minimum absolute atomic E-state index is 0.0932. The predicted molar refractivity (Wildman–Crippen MR) is 83.5 cm³/mol. The lowest BCUT2D eigenvalue weighted by Crippen LogP contribution is -2.19. The third kappa shape index (κ3) is 4.85. The number of aliphatic hydroxyl groups is 1. The molecule has 0 saturated carbocycles. The minimum Gasteiger partial charge on any atom is -0.497 e. The summed E-state index contributed by atoms with van der Waals surface area (Å²) in [6.45, 7) is 0.517. The number of hydrogen-bond donors (Lipinski definition) is 1. The smallest absolute Gasteiger partial charge is 0.118 e. The number of thioether (sulfide) groups is 1. The number of aliphatic hydroxyl groups excluding tert-OH is 1. The van der Waals surface area contributed by atoms with Crippen molar-refractivity contribution in [1.29, 1.82) is 0 Å². The summed E-state index contributed by atoms with van der Waals surface area (Å²) < 4.78 is 10.8. The molecule has 0 aromatic heterocycles. The summed E-state index contributed by atoms with van der Waals surface area (Å²) in [5.74, 6) is 0.900. The van der Waals surface area contributed by atoms with Gasteiger partial charge in [-0.2, -0.15) is 0 Å². The molecule has 0 bridgehead atoms. The van der Waals surface area contributed by atoms with Gasteiger partial charge in [0.05, 0.1) is 26.4 Å². The van der Waals surface area contributed by atoms with E-state index in [0.29, 0.717) is 11.9 Å². The fourth-order valence-corrected chi connectivity index (χ4v) is 3.37. The third-order valence-electron chi connectivity index (χ3n) is 3.27. The number of ether oxygens (including phenoxy) is 2. The van der Waals surface area contributed by atoms with E-state index in [9.17, 15) is 0 Å². The van der Waals surface area contributed by atoms with Gasteiger partial charge in [-0.15, -0.1) is 11.8 Å². The molecule has 2 aliphatic rings. The molecular weight excluding hydrogens is 272 g/mol. The normalized spacial score (nSPS) is 25.9. The summed E-state index contributed by atoms with van der Waals surface area (Å²) in [5.41, 5.74) is 0. The fraction of sp³-hybridized carbons (Fsp3) is 0.500. The van der Waals surface area contributed by atoms with Crippen molar-refractivity contribution in [2.45, 2.75) is 30.6 Å². The van der Waals surface area contributed by atoms with Crippen LogP contribution in [0.4, 0.5) is 0 Å². The Hall–Kier alpha value is -0.970. The van der Waals surface area contributed by atoms with Crippen LogP contribution in [-0.2, 0) is 9.47 Å². The van der Waals surface area contributed by atoms with Crippen LogP contribution in [0, 0.1) is 0 Å². The van der Waals surface area contributed by atoms with E-state index in [1.807, 2.05) is 23.9 Å². The van der Waals surface area contributed by atoms with Gasteiger partial charge in [-0.25, -0.2) is 0 Å². The van der Waals surface area contributed by atoms with Crippen LogP contribution in [0.1, 0.15) is 19.3 Å². The Balaban J connectivity index is 1.84. The molecule has 0 amide bonds. The molecule has 110 valence electrons. The molecule has 0 saturated heterocycles. The van der Waals surface area contributed by atoms with E-state index in [-0.39, 0.29) is 12.7 Å². The molecule has 0 fully saturated rings. The number of allylic oxidation sites excluding steroid dienone is 5. The quantitative estimate of drug-likeness (QED) is 0.764. The largest absolute Gasteiger partial charge is 0.497 e. The van der Waals surface area contributed by atoms with Crippen LogP contribution in [0.25, 0.3) is 0 Å². The maximum atomic E-state index is 8.75. The van der Waals surface area contributed by atoms with Crippen LogP contribution >= 0.6 is 11.8 Å². The molecule has 3 nitrogen and oxygen atoms in total. The van der Waals surface area contributed by atoms with Crippen LogP contribution in [0.3, 0.4) is 0 Å². The van der Waals surface area contributed by atoms with Crippen molar-refractivity contribution in [3.8, 4) is 0 Å². The second-order valence-corrected chi connectivity index (χ2v) is 6.13. The van der Waals surface area contributed by atoms with Crippen molar-refractivity contribution >= 4 is 11.8 Å². The molecule has 1 N–H and O–H groups in total. The van der Waals surface area contributed by atoms with Gasteiger partial charge in [-0.3, -0.25) is 0 Å². The van der Waals surface area contributed by atoms with E-state index in [2.05, 4.69) is 24.3 Å². The summed E-state index contributed by atoms with van der Waals surface area (Å²) in [6.07, 6.45) is 15.9. The highest BCUT2D eigenvalue weighted by Crippen LogP contribution is 2.33. The van der Waals surface area contributed by atoms with E-state index in [1.54, 1.807) is 7.11 Å². The summed E-state index contributed by atoms with van der Waals surface area (Å²) in [7, 11) is 1.69. The lowest BCUT2D eigenvalue weighted by molar-refractivity contribution is 0.0475. The van der Waals surface area contributed by atoms with Crippen molar-refractivity contribution in [2.24, 2.45) is 0 Å². The second kappa shape index (κ2) is 8.35. The minimum atomic E-state index is 0.0932. The van der Waals surface area contributed by atoms with Crippen LogP contribution in [0.5, 0.6) is 0 Å². The molecule has 4 heteroatoms. The van der Waals surface area contributed by atoms with E-state index in [4.69, 9.17) is 14.6 Å². The molecule has 2 rings (SSSR count). The van der Waals surface area contributed by atoms with Crippen LogP contribution in [0.2, 0.25) is 0 Å². The fourth-order valence-electron chi connectivity index (χ4n) is 2.22. The van der Waals surface area contributed by atoms with Crippen molar-refractivity contribution in [1.82, 2.24) is 0 Å². The average molecular weight is 294 g/mol. The lowest BCUT2D eigenvalue weighted by Gasteiger charge is -2.23. The second-order valence-electron chi connectivity index (χ2n) is 4.76. The van der Waals surface area contributed by atoms with Crippen LogP contribution in [-0.4, -0.2) is 36.8 Å². The third-order valence-corrected chi connectivity index (χ3v) is 4.57. The van der Waals surface area contributed by atoms with Gasteiger partial charge in [0, 0.05) is 5.25 Å². The van der Waals surface area contributed by atoms with Crippen molar-refractivity contribution in [2.75, 3.05) is 20.3 Å². The molecule has 0 spiro atoms.